The molecule has 7 aromatic rings. The molecule has 2 aromatic heterocycles. The van der Waals surface area contributed by atoms with Crippen LogP contribution in [-0.2, 0) is 0 Å². The van der Waals surface area contributed by atoms with Gasteiger partial charge in [0.15, 0.2) is 11.5 Å². The number of phenolic OH excluding ortho intramolecular Hbond substituents is 4. The first-order valence-corrected chi connectivity index (χ1v) is 11.6. The molecule has 5 aromatic carbocycles. The molecular weight excluding hydrogens is 446 g/mol. The van der Waals surface area contributed by atoms with Gasteiger partial charge in [0.25, 0.3) is 0 Å². The number of phenols is 4. The molecule has 0 bridgehead atoms. The third-order valence-corrected chi connectivity index (χ3v) is 7.84. The van der Waals surface area contributed by atoms with Gasteiger partial charge in [-0.2, -0.15) is 0 Å². The van der Waals surface area contributed by atoms with E-state index in [1.54, 1.807) is 0 Å². The van der Waals surface area contributed by atoms with E-state index in [0.29, 0.717) is 15.5 Å². The smallest absolute Gasteiger partial charge is 0.205 e. The van der Waals surface area contributed by atoms with Gasteiger partial charge in [0, 0.05) is 26.5 Å². The molecule has 7 rings (SSSR count). The Morgan fingerprint density at radius 3 is 2.00 bits per heavy atom. The first-order valence-electron chi connectivity index (χ1n) is 10.8. The zero-order valence-electron chi connectivity index (χ0n) is 17.6. The quantitative estimate of drug-likeness (QED) is 0.154. The maximum absolute atomic E-state index is 10.7. The Labute approximate surface area is 196 Å². The molecule has 164 valence electrons. The third-order valence-electron chi connectivity index (χ3n) is 6.61. The highest BCUT2D eigenvalue weighted by Crippen LogP contribution is 2.55. The van der Waals surface area contributed by atoms with Crippen LogP contribution in [0.1, 0.15) is 0 Å². The SMILES string of the molecule is Oc1c(O)c(O)c2c(sc3c2ccc2c3c3c4ccccc4ccc3n2-c2ccccc2)c1O. The van der Waals surface area contributed by atoms with Crippen LogP contribution in [0, 0.1) is 0 Å². The molecular formula is C28H17NO4S. The number of fused-ring (bicyclic) bond motifs is 9. The van der Waals surface area contributed by atoms with E-state index in [1.807, 2.05) is 42.5 Å². The lowest BCUT2D eigenvalue weighted by Gasteiger charge is -2.08. The number of para-hydroxylation sites is 1. The van der Waals surface area contributed by atoms with E-state index in [1.165, 1.54) is 11.3 Å². The number of benzene rings is 5. The van der Waals surface area contributed by atoms with E-state index in [2.05, 4.69) is 41.0 Å². The Hall–Kier alpha value is -4.42. The molecule has 0 fully saturated rings. The van der Waals surface area contributed by atoms with Crippen molar-refractivity contribution in [3.63, 3.8) is 0 Å². The second-order valence-electron chi connectivity index (χ2n) is 8.39. The number of thiophene rings is 1. The van der Waals surface area contributed by atoms with Crippen molar-refractivity contribution in [2.45, 2.75) is 0 Å². The standard InChI is InChI=1S/C28H17NO4S/c30-23-21-17-11-13-19-22(27(17)34-28(21)26(33)25(32)24(23)31)20-16-9-5-4-6-14(16)10-12-18(20)29(19)15-7-2-1-3-8-15/h1-13,30-33H. The summed E-state index contributed by atoms with van der Waals surface area (Å²) in [5, 5.41) is 46.9. The molecule has 5 nitrogen and oxygen atoms in total. The zero-order chi connectivity index (χ0) is 23.1. The summed E-state index contributed by atoms with van der Waals surface area (Å²) in [6, 6.07) is 26.5. The van der Waals surface area contributed by atoms with Gasteiger partial charge < -0.3 is 25.0 Å². The van der Waals surface area contributed by atoms with Crippen molar-refractivity contribution in [1.29, 1.82) is 0 Å². The summed E-state index contributed by atoms with van der Waals surface area (Å²) in [5.41, 5.74) is 3.06. The fourth-order valence-electron chi connectivity index (χ4n) is 5.12. The van der Waals surface area contributed by atoms with Crippen LogP contribution in [-0.4, -0.2) is 25.0 Å². The van der Waals surface area contributed by atoms with Crippen LogP contribution >= 0.6 is 11.3 Å². The molecule has 34 heavy (non-hydrogen) atoms. The fraction of sp³-hybridized carbons (Fsp3) is 0. The van der Waals surface area contributed by atoms with Crippen molar-refractivity contribution >= 4 is 64.1 Å². The summed E-state index contributed by atoms with van der Waals surface area (Å²) in [6.07, 6.45) is 0. The second-order valence-corrected chi connectivity index (χ2v) is 9.41. The zero-order valence-corrected chi connectivity index (χ0v) is 18.5. The summed E-state index contributed by atoms with van der Waals surface area (Å²) >= 11 is 1.29. The van der Waals surface area contributed by atoms with E-state index in [0.717, 1.165) is 43.0 Å². The van der Waals surface area contributed by atoms with Gasteiger partial charge in [-0.25, -0.2) is 0 Å². The van der Waals surface area contributed by atoms with Crippen molar-refractivity contribution in [3.8, 4) is 28.7 Å². The Morgan fingerprint density at radius 2 is 1.18 bits per heavy atom. The average molecular weight is 464 g/mol. The molecule has 0 saturated carbocycles. The van der Waals surface area contributed by atoms with Crippen molar-refractivity contribution in [2.75, 3.05) is 0 Å². The fourth-order valence-corrected chi connectivity index (χ4v) is 6.42. The molecule has 0 aliphatic heterocycles. The monoisotopic (exact) mass is 463 g/mol. The van der Waals surface area contributed by atoms with Gasteiger partial charge >= 0.3 is 0 Å². The minimum Gasteiger partial charge on any atom is -0.504 e. The minimum absolute atomic E-state index is 0.329. The van der Waals surface area contributed by atoms with Crippen LogP contribution in [0.25, 0.3) is 58.4 Å². The molecule has 0 amide bonds. The topological polar surface area (TPSA) is 85.9 Å². The number of aromatic hydroxyl groups is 4. The summed E-state index contributed by atoms with van der Waals surface area (Å²) < 4.78 is 3.41. The maximum atomic E-state index is 10.7. The Bertz CT molecular complexity index is 1950. The Balaban J connectivity index is 1.80. The van der Waals surface area contributed by atoms with Crippen LogP contribution < -0.4 is 0 Å². The third kappa shape index (κ3) is 2.27. The van der Waals surface area contributed by atoms with Gasteiger partial charge in [-0.3, -0.25) is 0 Å². The predicted molar refractivity (Wildman–Crippen MR) is 138 cm³/mol. The van der Waals surface area contributed by atoms with Crippen molar-refractivity contribution in [3.05, 3.63) is 78.9 Å². The minimum atomic E-state index is -0.720. The van der Waals surface area contributed by atoms with Crippen molar-refractivity contribution in [2.24, 2.45) is 0 Å². The number of rotatable bonds is 1. The molecule has 0 unspecified atom stereocenters. The number of nitrogens with zero attached hydrogens (tertiary/aromatic N) is 1. The Kier molecular flexibility index (Phi) is 3.68. The summed E-state index contributed by atoms with van der Waals surface area (Å²) in [5.74, 6) is -2.31. The summed E-state index contributed by atoms with van der Waals surface area (Å²) in [4.78, 5) is 0. The number of aromatic nitrogens is 1. The van der Waals surface area contributed by atoms with Crippen molar-refractivity contribution < 1.29 is 20.4 Å². The van der Waals surface area contributed by atoms with Crippen LogP contribution in [0.15, 0.2) is 78.9 Å². The molecule has 0 aliphatic carbocycles. The average Bonchev–Trinajstić information content (AvgIpc) is 3.43. The molecule has 4 N–H and O–H groups in total. The first kappa shape index (κ1) is 19.1. The van der Waals surface area contributed by atoms with E-state index in [-0.39, 0.29) is 0 Å². The summed E-state index contributed by atoms with van der Waals surface area (Å²) in [7, 11) is 0. The highest BCUT2D eigenvalue weighted by atomic mass is 32.1. The van der Waals surface area contributed by atoms with E-state index < -0.39 is 23.0 Å². The van der Waals surface area contributed by atoms with E-state index >= 15 is 0 Å². The van der Waals surface area contributed by atoms with Gasteiger partial charge in [-0.05, 0) is 35.0 Å². The molecule has 0 spiro atoms. The normalized spacial score (nSPS) is 12.0. The molecule has 0 aliphatic rings. The summed E-state index contributed by atoms with van der Waals surface area (Å²) in [6.45, 7) is 0. The number of hydrogen-bond donors (Lipinski definition) is 4. The largest absolute Gasteiger partial charge is 0.504 e. The predicted octanol–water partition coefficient (Wildman–Crippen LogP) is 7.13. The second kappa shape index (κ2) is 6.56. The van der Waals surface area contributed by atoms with Crippen LogP contribution in [0.2, 0.25) is 0 Å². The molecule has 2 heterocycles. The van der Waals surface area contributed by atoms with E-state index in [4.69, 9.17) is 0 Å². The molecule has 6 heteroatoms. The van der Waals surface area contributed by atoms with Gasteiger partial charge in [-0.15, -0.1) is 11.3 Å². The highest BCUT2D eigenvalue weighted by Gasteiger charge is 2.25. The van der Waals surface area contributed by atoms with E-state index in [9.17, 15) is 20.4 Å². The molecule has 0 saturated heterocycles. The lowest BCUT2D eigenvalue weighted by molar-refractivity contribution is 0.351. The van der Waals surface area contributed by atoms with Crippen molar-refractivity contribution in [1.82, 2.24) is 4.57 Å². The van der Waals surface area contributed by atoms with Crippen LogP contribution in [0.5, 0.6) is 23.0 Å². The van der Waals surface area contributed by atoms with Crippen LogP contribution in [0.4, 0.5) is 0 Å². The lowest BCUT2D eigenvalue weighted by Crippen LogP contribution is -1.92. The highest BCUT2D eigenvalue weighted by molar-refractivity contribution is 7.27. The van der Waals surface area contributed by atoms with Gasteiger partial charge in [0.1, 0.15) is 0 Å². The van der Waals surface area contributed by atoms with Gasteiger partial charge in [0.2, 0.25) is 11.5 Å². The molecule has 0 atom stereocenters. The maximum Gasteiger partial charge on any atom is 0.205 e. The van der Waals surface area contributed by atoms with Gasteiger partial charge in [0.05, 0.1) is 21.1 Å². The van der Waals surface area contributed by atoms with Crippen LogP contribution in [0.3, 0.4) is 0 Å². The number of hydrogen-bond acceptors (Lipinski definition) is 5. The Morgan fingerprint density at radius 1 is 0.500 bits per heavy atom. The molecule has 0 radical (unpaired) electrons. The first-order chi connectivity index (χ1) is 16.6. The van der Waals surface area contributed by atoms with Gasteiger partial charge in [-0.1, -0.05) is 54.6 Å². The lowest BCUT2D eigenvalue weighted by atomic mass is 10.0.